The van der Waals surface area contributed by atoms with Gasteiger partial charge in [-0.3, -0.25) is 9.59 Å². The maximum Gasteiger partial charge on any atom is 0.256 e. The fraction of sp³-hybridized carbons (Fsp3) is 0.167. The molecule has 1 aliphatic heterocycles. The van der Waals surface area contributed by atoms with E-state index in [0.717, 1.165) is 22.5 Å². The predicted octanol–water partition coefficient (Wildman–Crippen LogP) is 4.34. The van der Waals surface area contributed by atoms with Crippen molar-refractivity contribution in [3.05, 3.63) is 81.9 Å². The summed E-state index contributed by atoms with van der Waals surface area (Å²) >= 11 is 0. The Morgan fingerprint density at radius 3 is 2.52 bits per heavy atom. The number of nitrogens with two attached hydrogens (primary N) is 1. The van der Waals surface area contributed by atoms with Gasteiger partial charge in [0.15, 0.2) is 0 Å². The Labute approximate surface area is 179 Å². The third-order valence-electron chi connectivity index (χ3n) is 5.61. The largest absolute Gasteiger partial charge is 0.397 e. The van der Waals surface area contributed by atoms with Crippen molar-refractivity contribution in [1.82, 2.24) is 10.3 Å². The van der Waals surface area contributed by atoms with E-state index in [1.165, 1.54) is 12.1 Å². The number of amides is 2. The minimum absolute atomic E-state index is 0.238. The fourth-order valence-corrected chi connectivity index (χ4v) is 3.67. The van der Waals surface area contributed by atoms with Gasteiger partial charge in [-0.2, -0.15) is 0 Å². The van der Waals surface area contributed by atoms with Crippen molar-refractivity contribution in [2.75, 3.05) is 11.1 Å². The first-order valence-corrected chi connectivity index (χ1v) is 9.93. The molecular weight excluding hydrogens is 395 g/mol. The summed E-state index contributed by atoms with van der Waals surface area (Å²) in [7, 11) is 0. The first-order chi connectivity index (χ1) is 14.7. The summed E-state index contributed by atoms with van der Waals surface area (Å²) < 4.78 is 13.1. The average molecular weight is 418 g/mol. The molecule has 0 fully saturated rings. The zero-order valence-electron chi connectivity index (χ0n) is 17.5. The van der Waals surface area contributed by atoms with Crippen molar-refractivity contribution in [3.63, 3.8) is 0 Å². The van der Waals surface area contributed by atoms with E-state index in [1.807, 2.05) is 20.8 Å². The molecule has 6 nitrogen and oxygen atoms in total. The SMILES string of the molecule is Cc1[nH]c(/C=C2\C(=O)Nc3ccc(C(=O)NC(C)c4ccc(F)cc4)cc32)c(C)c1N. The molecule has 0 aliphatic carbocycles. The molecule has 1 atom stereocenters. The molecule has 7 heteroatoms. The van der Waals surface area contributed by atoms with E-state index in [2.05, 4.69) is 15.6 Å². The van der Waals surface area contributed by atoms with Crippen LogP contribution in [0, 0.1) is 19.7 Å². The van der Waals surface area contributed by atoms with Crippen molar-refractivity contribution < 1.29 is 14.0 Å². The lowest BCUT2D eigenvalue weighted by Crippen LogP contribution is -2.26. The van der Waals surface area contributed by atoms with Crippen LogP contribution in [0.15, 0.2) is 42.5 Å². The Morgan fingerprint density at radius 2 is 1.87 bits per heavy atom. The first-order valence-electron chi connectivity index (χ1n) is 9.93. The number of carbonyl (C=O) groups is 2. The molecule has 1 unspecified atom stereocenters. The molecule has 1 aliphatic rings. The Bertz CT molecular complexity index is 1230. The molecule has 5 N–H and O–H groups in total. The van der Waals surface area contributed by atoms with Crippen molar-refractivity contribution >= 4 is 34.8 Å². The molecule has 31 heavy (non-hydrogen) atoms. The maximum atomic E-state index is 13.1. The molecule has 0 radical (unpaired) electrons. The second kappa shape index (κ2) is 7.75. The number of aromatic nitrogens is 1. The number of hydrogen-bond donors (Lipinski definition) is 4. The number of aryl methyl sites for hydroxylation is 1. The summed E-state index contributed by atoms with van der Waals surface area (Å²) in [5.41, 5.74) is 12.1. The van der Waals surface area contributed by atoms with Gasteiger partial charge in [0.1, 0.15) is 5.82 Å². The molecule has 0 saturated carbocycles. The molecule has 0 saturated heterocycles. The summed E-state index contributed by atoms with van der Waals surface area (Å²) in [5.74, 6) is -0.849. The van der Waals surface area contributed by atoms with Crippen LogP contribution in [0.1, 0.15) is 51.4 Å². The van der Waals surface area contributed by atoms with Crippen LogP contribution in [0.2, 0.25) is 0 Å². The minimum Gasteiger partial charge on any atom is -0.397 e. The van der Waals surface area contributed by atoms with E-state index in [4.69, 9.17) is 5.73 Å². The maximum absolute atomic E-state index is 13.1. The zero-order valence-corrected chi connectivity index (χ0v) is 17.5. The third kappa shape index (κ3) is 3.82. The molecular formula is C24H23FN4O2. The van der Waals surface area contributed by atoms with Crippen LogP contribution in [0.3, 0.4) is 0 Å². The normalized spacial score (nSPS) is 15.0. The minimum atomic E-state index is -0.327. The van der Waals surface area contributed by atoms with E-state index < -0.39 is 0 Å². The monoisotopic (exact) mass is 418 g/mol. The van der Waals surface area contributed by atoms with E-state index in [9.17, 15) is 14.0 Å². The number of carbonyl (C=O) groups excluding carboxylic acids is 2. The summed E-state index contributed by atoms with van der Waals surface area (Å²) in [4.78, 5) is 28.6. The number of nitrogen functional groups attached to an aromatic ring is 1. The number of rotatable bonds is 4. The number of aromatic amines is 1. The molecule has 3 aromatic rings. The quantitative estimate of drug-likeness (QED) is 0.474. The highest BCUT2D eigenvalue weighted by atomic mass is 19.1. The number of benzene rings is 2. The lowest BCUT2D eigenvalue weighted by Gasteiger charge is -2.15. The van der Waals surface area contributed by atoms with Gasteiger partial charge in [-0.1, -0.05) is 12.1 Å². The molecule has 2 heterocycles. The smallest absolute Gasteiger partial charge is 0.256 e. The first kappa shape index (κ1) is 20.4. The fourth-order valence-electron chi connectivity index (χ4n) is 3.67. The van der Waals surface area contributed by atoms with Crippen molar-refractivity contribution in [2.45, 2.75) is 26.8 Å². The Morgan fingerprint density at radius 1 is 1.16 bits per heavy atom. The van der Waals surface area contributed by atoms with Gasteiger partial charge >= 0.3 is 0 Å². The zero-order chi connectivity index (χ0) is 22.3. The molecule has 2 amide bonds. The highest BCUT2D eigenvalue weighted by Gasteiger charge is 2.26. The van der Waals surface area contributed by atoms with Crippen LogP contribution in [0.25, 0.3) is 11.6 Å². The second-order valence-electron chi connectivity index (χ2n) is 7.72. The van der Waals surface area contributed by atoms with E-state index in [-0.39, 0.29) is 23.7 Å². The van der Waals surface area contributed by atoms with E-state index in [0.29, 0.717) is 28.1 Å². The van der Waals surface area contributed by atoms with Crippen LogP contribution in [-0.4, -0.2) is 16.8 Å². The summed E-state index contributed by atoms with van der Waals surface area (Å²) in [6.45, 7) is 5.59. The van der Waals surface area contributed by atoms with Crippen LogP contribution in [0.5, 0.6) is 0 Å². The molecule has 4 rings (SSSR count). The topological polar surface area (TPSA) is 100 Å². The van der Waals surface area contributed by atoms with Gasteiger partial charge in [0, 0.05) is 28.2 Å². The molecule has 0 spiro atoms. The number of hydrogen-bond acceptors (Lipinski definition) is 3. The number of H-pyrrole nitrogens is 1. The number of fused-ring (bicyclic) bond motifs is 1. The van der Waals surface area contributed by atoms with Gasteiger partial charge in [0.05, 0.1) is 17.3 Å². The van der Waals surface area contributed by atoms with Crippen molar-refractivity contribution in [2.24, 2.45) is 0 Å². The lowest BCUT2D eigenvalue weighted by atomic mass is 10.0. The molecule has 158 valence electrons. The van der Waals surface area contributed by atoms with Crippen molar-refractivity contribution in [1.29, 1.82) is 0 Å². The second-order valence-corrected chi connectivity index (χ2v) is 7.72. The lowest BCUT2D eigenvalue weighted by molar-refractivity contribution is -0.110. The van der Waals surface area contributed by atoms with Crippen LogP contribution < -0.4 is 16.4 Å². The van der Waals surface area contributed by atoms with Gasteiger partial charge in [-0.05, 0) is 68.3 Å². The standard InChI is InChI=1S/C24H23FN4O2/c1-12-21(27-14(3)22(12)26)11-19-18-10-16(6-9-20(18)29-24(19)31)23(30)28-13(2)15-4-7-17(25)8-5-15/h4-11,13,27H,26H2,1-3H3,(H,28,30)(H,29,31)/b19-11-. The number of halogens is 1. The van der Waals surface area contributed by atoms with Gasteiger partial charge in [-0.15, -0.1) is 0 Å². The highest BCUT2D eigenvalue weighted by molar-refractivity contribution is 6.35. The Balaban J connectivity index is 1.62. The summed E-state index contributed by atoms with van der Waals surface area (Å²) in [6, 6.07) is 10.8. The van der Waals surface area contributed by atoms with Gasteiger partial charge in [0.25, 0.3) is 11.8 Å². The number of anilines is 2. The van der Waals surface area contributed by atoms with Crippen LogP contribution in [-0.2, 0) is 4.79 Å². The summed E-state index contributed by atoms with van der Waals surface area (Å²) in [6.07, 6.45) is 1.75. The van der Waals surface area contributed by atoms with Crippen LogP contribution >= 0.6 is 0 Å². The third-order valence-corrected chi connectivity index (χ3v) is 5.61. The van der Waals surface area contributed by atoms with Crippen molar-refractivity contribution in [3.8, 4) is 0 Å². The van der Waals surface area contributed by atoms with E-state index in [1.54, 1.807) is 36.4 Å². The molecule has 0 bridgehead atoms. The predicted molar refractivity (Wildman–Crippen MR) is 120 cm³/mol. The van der Waals surface area contributed by atoms with Crippen LogP contribution in [0.4, 0.5) is 15.8 Å². The molecule has 1 aromatic heterocycles. The van der Waals surface area contributed by atoms with Gasteiger partial charge < -0.3 is 21.4 Å². The van der Waals surface area contributed by atoms with Gasteiger partial charge in [0.2, 0.25) is 0 Å². The summed E-state index contributed by atoms with van der Waals surface area (Å²) in [5, 5.41) is 5.74. The van der Waals surface area contributed by atoms with Gasteiger partial charge in [-0.25, -0.2) is 4.39 Å². The number of nitrogens with one attached hydrogen (secondary N) is 3. The Kier molecular flexibility index (Phi) is 5.10. The Hall–Kier alpha value is -3.87. The molecule has 2 aromatic carbocycles. The highest BCUT2D eigenvalue weighted by Crippen LogP contribution is 2.35. The van der Waals surface area contributed by atoms with E-state index >= 15 is 0 Å². The average Bonchev–Trinajstić information content (AvgIpc) is 3.18.